The summed E-state index contributed by atoms with van der Waals surface area (Å²) in [5.74, 6) is 0. The van der Waals surface area contributed by atoms with E-state index < -0.39 is 78.1 Å². The smallest absolute Gasteiger partial charge is 0.136 e. The highest BCUT2D eigenvalue weighted by molar-refractivity contribution is 6.23. The maximum absolute atomic E-state index is 9.56. The van der Waals surface area contributed by atoms with E-state index in [0.717, 1.165) is 0 Å². The van der Waals surface area contributed by atoms with Crippen molar-refractivity contribution >= 4 is 43.5 Å². The fraction of sp³-hybridized carbons (Fsp3) is 0. The fourth-order valence-corrected chi connectivity index (χ4v) is 6.26. The molecule has 0 aliphatic rings. The predicted molar refractivity (Wildman–Crippen MR) is 190 cm³/mol. The lowest BCUT2D eigenvalue weighted by molar-refractivity contribution is 0.669. The Bertz CT molecular complexity index is 3220. The van der Waals surface area contributed by atoms with E-state index in [-0.39, 0.29) is 28.8 Å². The second-order valence-electron chi connectivity index (χ2n) is 10.6. The van der Waals surface area contributed by atoms with Gasteiger partial charge in [0.2, 0.25) is 0 Å². The molecular weight excluding hydrogens is 544 g/mol. The molecule has 1 heterocycles. The SMILES string of the molecule is [2H]c1c([2H])c([2H])c(-c2c([2H])c([2H])c([2H])c(-c3c4ccccc4c(-c4cc(-c5c([2H])c([2H])c([2H])c([2H])c5[2H])c5c(c4)oc4ccccc45)c4ccccc34)c2[2H])c([2H])c1[2H]. The van der Waals surface area contributed by atoms with E-state index in [9.17, 15) is 2.74 Å². The van der Waals surface area contributed by atoms with E-state index in [0.29, 0.717) is 65.7 Å². The minimum atomic E-state index is -0.660. The molecule has 9 rings (SSSR count). The van der Waals surface area contributed by atoms with E-state index in [1.165, 1.54) is 0 Å². The molecule has 0 aliphatic carbocycles. The molecule has 0 saturated carbocycles. The van der Waals surface area contributed by atoms with Crippen LogP contribution in [0.1, 0.15) is 19.2 Å². The molecule has 0 N–H and O–H groups in total. The Morgan fingerprint density at radius 1 is 0.400 bits per heavy atom. The second-order valence-corrected chi connectivity index (χ2v) is 10.6. The van der Waals surface area contributed by atoms with Gasteiger partial charge in [0, 0.05) is 10.8 Å². The zero-order chi connectivity index (χ0) is 41.9. The van der Waals surface area contributed by atoms with Gasteiger partial charge in [-0.05, 0) is 90.3 Å². The third-order valence-electron chi connectivity index (χ3n) is 8.09. The van der Waals surface area contributed by atoms with Gasteiger partial charge in [-0.2, -0.15) is 0 Å². The van der Waals surface area contributed by atoms with E-state index >= 15 is 0 Å². The zero-order valence-electron chi connectivity index (χ0n) is 37.5. The number of para-hydroxylation sites is 1. The van der Waals surface area contributed by atoms with Gasteiger partial charge < -0.3 is 4.42 Å². The summed E-state index contributed by atoms with van der Waals surface area (Å²) in [6.07, 6.45) is 0. The van der Waals surface area contributed by atoms with Crippen molar-refractivity contribution in [2.75, 3.05) is 0 Å². The van der Waals surface area contributed by atoms with Gasteiger partial charge in [-0.25, -0.2) is 0 Å². The molecule has 0 unspecified atom stereocenters. The van der Waals surface area contributed by atoms with Crippen LogP contribution in [-0.2, 0) is 0 Å². The topological polar surface area (TPSA) is 13.1 Å². The number of furan rings is 1. The molecule has 1 heteroatoms. The van der Waals surface area contributed by atoms with Crippen molar-refractivity contribution in [1.29, 1.82) is 0 Å². The first-order valence-electron chi connectivity index (χ1n) is 21.3. The summed E-state index contributed by atoms with van der Waals surface area (Å²) >= 11 is 0. The highest BCUT2D eigenvalue weighted by Gasteiger charge is 2.20. The van der Waals surface area contributed by atoms with E-state index in [2.05, 4.69) is 0 Å². The van der Waals surface area contributed by atoms with Crippen LogP contribution in [0.5, 0.6) is 0 Å². The zero-order valence-corrected chi connectivity index (χ0v) is 23.5. The summed E-state index contributed by atoms with van der Waals surface area (Å²) in [5.41, 5.74) is 2.01. The maximum atomic E-state index is 9.56. The Balaban J connectivity index is 1.43. The molecule has 1 aromatic heterocycles. The van der Waals surface area contributed by atoms with Crippen LogP contribution in [0.15, 0.2) is 174 Å². The van der Waals surface area contributed by atoms with Crippen LogP contribution >= 0.6 is 0 Å². The van der Waals surface area contributed by atoms with Gasteiger partial charge in [-0.3, -0.25) is 0 Å². The average molecular weight is 587 g/mol. The first kappa shape index (κ1) is 15.2. The fourth-order valence-electron chi connectivity index (χ4n) is 6.26. The Hall–Kier alpha value is -5.92. The molecule has 0 atom stereocenters. The first-order valence-corrected chi connectivity index (χ1v) is 14.3. The van der Waals surface area contributed by atoms with Crippen LogP contribution in [0.3, 0.4) is 0 Å². The summed E-state index contributed by atoms with van der Waals surface area (Å²) in [5, 5.41) is 3.54. The average Bonchev–Trinajstić information content (AvgIpc) is 3.62. The lowest BCUT2D eigenvalue weighted by Gasteiger charge is -2.19. The molecule has 0 fully saturated rings. The molecule has 9 aromatic rings. The molecule has 1 nitrogen and oxygen atoms in total. The van der Waals surface area contributed by atoms with Gasteiger partial charge in [-0.15, -0.1) is 0 Å². The van der Waals surface area contributed by atoms with Crippen molar-refractivity contribution in [3.63, 3.8) is 0 Å². The van der Waals surface area contributed by atoms with Crippen LogP contribution in [0.2, 0.25) is 0 Å². The summed E-state index contributed by atoms with van der Waals surface area (Å²) in [6, 6.07) is 17.7. The van der Waals surface area contributed by atoms with Crippen molar-refractivity contribution in [3.05, 3.63) is 170 Å². The van der Waals surface area contributed by atoms with Crippen molar-refractivity contribution in [2.45, 2.75) is 0 Å². The van der Waals surface area contributed by atoms with E-state index in [1.54, 1.807) is 36.4 Å². The Labute approximate surface area is 281 Å². The van der Waals surface area contributed by atoms with Crippen molar-refractivity contribution in [2.24, 2.45) is 0 Å². The lowest BCUT2D eigenvalue weighted by Crippen LogP contribution is -1.92. The van der Waals surface area contributed by atoms with Gasteiger partial charge in [0.1, 0.15) is 11.2 Å². The third kappa shape index (κ3) is 4.17. The van der Waals surface area contributed by atoms with Crippen LogP contribution in [0, 0.1) is 0 Å². The highest BCUT2D eigenvalue weighted by atomic mass is 16.3. The molecule has 45 heavy (non-hydrogen) atoms. The van der Waals surface area contributed by atoms with Gasteiger partial charge in [0.05, 0.1) is 19.2 Å². The number of fused-ring (bicyclic) bond motifs is 5. The third-order valence-corrected chi connectivity index (χ3v) is 8.09. The molecule has 8 aromatic carbocycles. The largest absolute Gasteiger partial charge is 0.456 e. The molecule has 210 valence electrons. The Kier molecular flexibility index (Phi) is 3.50. The molecule has 0 spiro atoms. The molecule has 0 aliphatic heterocycles. The standard InChI is InChI=1S/C44H28O/c1-3-14-29(15-4-1)31-18-13-19-32(26-31)42-34-20-7-9-22-36(34)43(37-23-10-8-21-35(37)42)33-27-39(30-16-5-2-6-17-30)44-38-24-11-12-25-40(38)45-41(44)28-33/h1-28H/i1D,2D,3D,4D,5D,6D,13D,14D,15D,16D,17D,18D,19D,26D. The van der Waals surface area contributed by atoms with Crippen LogP contribution < -0.4 is 0 Å². The monoisotopic (exact) mass is 586 g/mol. The number of hydrogen-bond donors (Lipinski definition) is 0. The molecule has 0 radical (unpaired) electrons. The van der Waals surface area contributed by atoms with Crippen molar-refractivity contribution < 1.29 is 23.6 Å². The molecular formula is C44H28O. The second kappa shape index (κ2) is 10.4. The van der Waals surface area contributed by atoms with E-state index in [4.69, 9.17) is 20.9 Å². The lowest BCUT2D eigenvalue weighted by atomic mass is 9.84. The van der Waals surface area contributed by atoms with Crippen LogP contribution in [-0.4, -0.2) is 0 Å². The molecule has 0 bridgehead atoms. The normalized spacial score (nSPS) is 15.9. The quantitative estimate of drug-likeness (QED) is 0.187. The number of benzene rings is 8. The minimum absolute atomic E-state index is 0.00373. The predicted octanol–water partition coefficient (Wildman–Crippen LogP) is 12.6. The first-order chi connectivity index (χ1) is 28.1. The van der Waals surface area contributed by atoms with Crippen molar-refractivity contribution in [1.82, 2.24) is 0 Å². The minimum Gasteiger partial charge on any atom is -0.456 e. The number of rotatable bonds is 4. The highest BCUT2D eigenvalue weighted by Crippen LogP contribution is 2.47. The molecule has 0 saturated heterocycles. The Morgan fingerprint density at radius 3 is 1.56 bits per heavy atom. The van der Waals surface area contributed by atoms with Gasteiger partial charge in [-0.1, -0.05) is 145 Å². The Morgan fingerprint density at radius 2 is 0.911 bits per heavy atom. The summed E-state index contributed by atoms with van der Waals surface area (Å²) < 4.78 is 128. The van der Waals surface area contributed by atoms with Gasteiger partial charge >= 0.3 is 0 Å². The summed E-state index contributed by atoms with van der Waals surface area (Å²) in [6.45, 7) is 0. The van der Waals surface area contributed by atoms with Gasteiger partial charge in [0.25, 0.3) is 0 Å². The van der Waals surface area contributed by atoms with Crippen LogP contribution in [0.25, 0.3) is 88.0 Å². The van der Waals surface area contributed by atoms with Crippen LogP contribution in [0.4, 0.5) is 0 Å². The van der Waals surface area contributed by atoms with Crippen molar-refractivity contribution in [3.8, 4) is 44.5 Å². The summed E-state index contributed by atoms with van der Waals surface area (Å²) in [4.78, 5) is 0. The molecule has 0 amide bonds. The summed E-state index contributed by atoms with van der Waals surface area (Å²) in [7, 11) is 0. The maximum Gasteiger partial charge on any atom is 0.136 e. The van der Waals surface area contributed by atoms with E-state index in [1.807, 2.05) is 48.5 Å². The van der Waals surface area contributed by atoms with Gasteiger partial charge in [0.15, 0.2) is 0 Å². The number of hydrogen-bond acceptors (Lipinski definition) is 1.